The van der Waals surface area contributed by atoms with Crippen LogP contribution in [-0.4, -0.2) is 25.7 Å². The Balaban J connectivity index is 2.15. The minimum Gasteiger partial charge on any atom is -0.495 e. The van der Waals surface area contributed by atoms with Crippen molar-refractivity contribution in [2.24, 2.45) is 0 Å². The Morgan fingerprint density at radius 2 is 2.00 bits per heavy atom. The van der Waals surface area contributed by atoms with Gasteiger partial charge in [0.15, 0.2) is 0 Å². The average Bonchev–Trinajstić information content (AvgIpc) is 3.05. The second-order valence-electron chi connectivity index (χ2n) is 5.82. The lowest BCUT2D eigenvalue weighted by Crippen LogP contribution is -2.13. The Morgan fingerprint density at radius 3 is 2.67 bits per heavy atom. The highest BCUT2D eigenvalue weighted by atomic mass is 16.5. The maximum atomic E-state index is 9.36. The summed E-state index contributed by atoms with van der Waals surface area (Å²) in [6, 6.07) is 16.9. The van der Waals surface area contributed by atoms with Gasteiger partial charge >= 0.3 is 0 Å². The molecule has 1 unspecified atom stereocenters. The first-order chi connectivity index (χ1) is 11.8. The second kappa shape index (κ2) is 7.20. The van der Waals surface area contributed by atoms with Crippen LogP contribution in [0.3, 0.4) is 0 Å². The van der Waals surface area contributed by atoms with E-state index in [1.54, 1.807) is 13.3 Å². The normalized spacial score (nSPS) is 12.0. The lowest BCUT2D eigenvalue weighted by atomic mass is 9.87. The molecule has 4 nitrogen and oxygen atoms in total. The highest BCUT2D eigenvalue weighted by molar-refractivity contribution is 5.91. The molecule has 0 aliphatic heterocycles. The Bertz CT molecular complexity index is 862. The summed E-state index contributed by atoms with van der Waals surface area (Å²) in [5.74, 6) is 1.02. The van der Waals surface area contributed by atoms with E-state index in [2.05, 4.69) is 52.8 Å². The molecule has 24 heavy (non-hydrogen) atoms. The number of methoxy groups -OCH3 is 1. The number of hydrogen-bond acceptors (Lipinski definition) is 3. The SMILES string of the molecule is CNCCC(c1ccccc1)c1cc(OC)c2[nH]cc(C#N)c2c1. The number of rotatable bonds is 6. The first-order valence-electron chi connectivity index (χ1n) is 8.07. The molecule has 2 N–H and O–H groups in total. The maximum Gasteiger partial charge on any atom is 0.143 e. The molecule has 3 rings (SSSR count). The summed E-state index contributed by atoms with van der Waals surface area (Å²) in [7, 11) is 3.63. The minimum absolute atomic E-state index is 0.249. The fourth-order valence-electron chi connectivity index (χ4n) is 3.17. The quantitative estimate of drug-likeness (QED) is 0.726. The van der Waals surface area contributed by atoms with Crippen LogP contribution in [0.2, 0.25) is 0 Å². The van der Waals surface area contributed by atoms with Crippen LogP contribution in [0, 0.1) is 11.3 Å². The van der Waals surface area contributed by atoms with Gasteiger partial charge in [-0.1, -0.05) is 30.3 Å². The predicted molar refractivity (Wildman–Crippen MR) is 96.4 cm³/mol. The predicted octanol–water partition coefficient (Wildman–Crippen LogP) is 3.79. The summed E-state index contributed by atoms with van der Waals surface area (Å²) in [5, 5.41) is 13.5. The molecule has 0 saturated carbocycles. The lowest BCUT2D eigenvalue weighted by Gasteiger charge is -2.19. The van der Waals surface area contributed by atoms with Crippen LogP contribution >= 0.6 is 0 Å². The van der Waals surface area contributed by atoms with E-state index in [1.807, 2.05) is 13.1 Å². The fourth-order valence-corrected chi connectivity index (χ4v) is 3.17. The van der Waals surface area contributed by atoms with E-state index in [0.29, 0.717) is 5.56 Å². The molecule has 0 spiro atoms. The number of aromatic nitrogens is 1. The first kappa shape index (κ1) is 16.1. The van der Waals surface area contributed by atoms with Gasteiger partial charge in [0.25, 0.3) is 0 Å². The third-order valence-electron chi connectivity index (χ3n) is 4.40. The zero-order valence-electron chi connectivity index (χ0n) is 14.0. The van der Waals surface area contributed by atoms with Crippen molar-refractivity contribution in [2.45, 2.75) is 12.3 Å². The average molecular weight is 319 g/mol. The van der Waals surface area contributed by atoms with Crippen molar-refractivity contribution in [1.82, 2.24) is 10.3 Å². The molecule has 1 atom stereocenters. The molecule has 0 amide bonds. The number of benzene rings is 2. The van der Waals surface area contributed by atoms with Gasteiger partial charge in [0, 0.05) is 17.5 Å². The standard InChI is InChI=1S/C20H21N3O/c1-22-9-8-17(14-6-4-3-5-7-14)15-10-18-16(12-21)13-23-20(18)19(11-15)24-2/h3-7,10-11,13,17,22-23H,8-9H2,1-2H3. The van der Waals surface area contributed by atoms with Gasteiger partial charge in [0.2, 0.25) is 0 Å². The van der Waals surface area contributed by atoms with Gasteiger partial charge in [-0.2, -0.15) is 5.26 Å². The van der Waals surface area contributed by atoms with E-state index in [1.165, 1.54) is 5.56 Å². The van der Waals surface area contributed by atoms with Crippen molar-refractivity contribution in [2.75, 3.05) is 20.7 Å². The van der Waals surface area contributed by atoms with Crippen LogP contribution in [0.5, 0.6) is 5.75 Å². The third kappa shape index (κ3) is 2.99. The fraction of sp³-hybridized carbons (Fsp3) is 0.250. The van der Waals surface area contributed by atoms with Gasteiger partial charge in [-0.05, 0) is 43.3 Å². The summed E-state index contributed by atoms with van der Waals surface area (Å²) in [6.07, 6.45) is 2.71. The second-order valence-corrected chi connectivity index (χ2v) is 5.82. The summed E-state index contributed by atoms with van der Waals surface area (Å²) in [5.41, 5.74) is 3.95. The van der Waals surface area contributed by atoms with Gasteiger partial charge in [-0.15, -0.1) is 0 Å². The van der Waals surface area contributed by atoms with Crippen molar-refractivity contribution in [3.63, 3.8) is 0 Å². The Labute approximate surface area is 142 Å². The molecule has 0 aliphatic carbocycles. The number of ether oxygens (including phenoxy) is 1. The summed E-state index contributed by atoms with van der Waals surface area (Å²) < 4.78 is 5.56. The highest BCUT2D eigenvalue weighted by Crippen LogP contribution is 2.35. The smallest absolute Gasteiger partial charge is 0.143 e. The molecule has 1 heterocycles. The summed E-state index contributed by atoms with van der Waals surface area (Å²) in [6.45, 7) is 0.915. The van der Waals surface area contributed by atoms with E-state index in [0.717, 1.165) is 35.2 Å². The molecule has 122 valence electrons. The van der Waals surface area contributed by atoms with Crippen molar-refractivity contribution >= 4 is 10.9 Å². The monoisotopic (exact) mass is 319 g/mol. The van der Waals surface area contributed by atoms with Crippen molar-refractivity contribution < 1.29 is 4.74 Å². The van der Waals surface area contributed by atoms with E-state index >= 15 is 0 Å². The van der Waals surface area contributed by atoms with Crippen LogP contribution in [0.1, 0.15) is 29.0 Å². The molecule has 4 heteroatoms. The van der Waals surface area contributed by atoms with Crippen LogP contribution < -0.4 is 10.1 Å². The minimum atomic E-state index is 0.249. The van der Waals surface area contributed by atoms with Crippen LogP contribution in [-0.2, 0) is 0 Å². The number of nitrogens with zero attached hydrogens (tertiary/aromatic N) is 1. The first-order valence-corrected chi connectivity index (χ1v) is 8.07. The largest absolute Gasteiger partial charge is 0.495 e. The molecule has 0 fully saturated rings. The Morgan fingerprint density at radius 1 is 1.21 bits per heavy atom. The molecule has 0 aliphatic rings. The summed E-state index contributed by atoms with van der Waals surface area (Å²) >= 11 is 0. The lowest BCUT2D eigenvalue weighted by molar-refractivity contribution is 0.418. The van der Waals surface area contributed by atoms with Crippen LogP contribution in [0.15, 0.2) is 48.7 Å². The van der Waals surface area contributed by atoms with Gasteiger partial charge in [0.1, 0.15) is 11.8 Å². The molecule has 0 radical (unpaired) electrons. The molecule has 1 aromatic heterocycles. The number of nitriles is 1. The Kier molecular flexibility index (Phi) is 4.83. The van der Waals surface area contributed by atoms with E-state index in [9.17, 15) is 5.26 Å². The third-order valence-corrected chi connectivity index (χ3v) is 4.40. The van der Waals surface area contributed by atoms with Crippen molar-refractivity contribution in [1.29, 1.82) is 5.26 Å². The van der Waals surface area contributed by atoms with Crippen molar-refractivity contribution in [3.8, 4) is 11.8 Å². The van der Waals surface area contributed by atoms with Crippen molar-refractivity contribution in [3.05, 3.63) is 65.4 Å². The Hall–Kier alpha value is -2.77. The molecule has 0 bridgehead atoms. The number of nitrogens with one attached hydrogen (secondary N) is 2. The van der Waals surface area contributed by atoms with Crippen LogP contribution in [0.4, 0.5) is 0 Å². The number of aromatic amines is 1. The topological polar surface area (TPSA) is 60.8 Å². The molecular weight excluding hydrogens is 298 g/mol. The molecule has 3 aromatic rings. The van der Waals surface area contributed by atoms with Gasteiger partial charge in [-0.25, -0.2) is 0 Å². The number of hydrogen-bond donors (Lipinski definition) is 2. The maximum absolute atomic E-state index is 9.36. The molecule has 2 aromatic carbocycles. The number of H-pyrrole nitrogens is 1. The van der Waals surface area contributed by atoms with E-state index < -0.39 is 0 Å². The van der Waals surface area contributed by atoms with Gasteiger partial charge in [-0.3, -0.25) is 0 Å². The van der Waals surface area contributed by atoms with Gasteiger partial charge < -0.3 is 15.0 Å². The van der Waals surface area contributed by atoms with Crippen LogP contribution in [0.25, 0.3) is 10.9 Å². The van der Waals surface area contributed by atoms with Gasteiger partial charge in [0.05, 0.1) is 18.2 Å². The summed E-state index contributed by atoms with van der Waals surface area (Å²) in [4.78, 5) is 3.15. The molecular formula is C20H21N3O. The number of fused-ring (bicyclic) bond motifs is 1. The van der Waals surface area contributed by atoms with E-state index in [4.69, 9.17) is 4.74 Å². The zero-order valence-corrected chi connectivity index (χ0v) is 14.0. The van der Waals surface area contributed by atoms with E-state index in [-0.39, 0.29) is 5.92 Å². The highest BCUT2D eigenvalue weighted by Gasteiger charge is 2.18. The molecule has 0 saturated heterocycles. The zero-order chi connectivity index (χ0) is 16.9.